The predicted octanol–water partition coefficient (Wildman–Crippen LogP) is 2.19. The minimum atomic E-state index is 0.727. The summed E-state index contributed by atoms with van der Waals surface area (Å²) in [6, 6.07) is 8.05. The van der Waals surface area contributed by atoms with Crippen LogP contribution in [0.4, 0.5) is 5.69 Å². The molecule has 5 heteroatoms. The molecule has 1 N–H and O–H groups in total. The van der Waals surface area contributed by atoms with Gasteiger partial charge in [-0.15, -0.1) is 5.10 Å². The van der Waals surface area contributed by atoms with Gasteiger partial charge in [0.1, 0.15) is 0 Å². The molecule has 1 aromatic carbocycles. The summed E-state index contributed by atoms with van der Waals surface area (Å²) < 4.78 is 2.83. The van der Waals surface area contributed by atoms with Crippen LogP contribution < -0.4 is 5.32 Å². The molecule has 78 valence electrons. The normalized spacial score (nSPS) is 10.3. The smallest absolute Gasteiger partial charge is 0.0774 e. The Kier molecular flexibility index (Phi) is 3.01. The second kappa shape index (κ2) is 4.44. The van der Waals surface area contributed by atoms with E-state index in [0.717, 1.165) is 22.4 Å². The Hall–Kier alpha value is -1.36. The number of benzene rings is 1. The van der Waals surface area contributed by atoms with Crippen LogP contribution in [0.15, 0.2) is 34.9 Å². The molecule has 0 saturated heterocycles. The van der Waals surface area contributed by atoms with E-state index in [1.54, 1.807) is 10.9 Å². The van der Waals surface area contributed by atoms with Crippen LogP contribution >= 0.6 is 15.9 Å². The molecule has 1 aromatic heterocycles. The molecule has 0 radical (unpaired) electrons. The van der Waals surface area contributed by atoms with Crippen molar-refractivity contribution in [2.75, 3.05) is 5.32 Å². The number of nitrogens with zero attached hydrogens (tertiary/aromatic N) is 3. The van der Waals surface area contributed by atoms with Crippen LogP contribution in [0.2, 0.25) is 0 Å². The van der Waals surface area contributed by atoms with E-state index in [1.165, 1.54) is 0 Å². The lowest BCUT2D eigenvalue weighted by Gasteiger charge is -2.05. The van der Waals surface area contributed by atoms with E-state index in [4.69, 9.17) is 0 Å². The molecule has 0 aliphatic rings. The van der Waals surface area contributed by atoms with Gasteiger partial charge in [0.2, 0.25) is 0 Å². The quantitative estimate of drug-likeness (QED) is 0.926. The highest BCUT2D eigenvalue weighted by Gasteiger charge is 1.98. The maximum Gasteiger partial charge on any atom is 0.0774 e. The Balaban J connectivity index is 1.99. The third kappa shape index (κ3) is 2.56. The average Bonchev–Trinajstić information content (AvgIpc) is 2.63. The molecule has 0 spiro atoms. The Morgan fingerprint density at radius 3 is 2.67 bits per heavy atom. The maximum absolute atomic E-state index is 3.86. The van der Waals surface area contributed by atoms with Gasteiger partial charge in [0, 0.05) is 17.2 Å². The van der Waals surface area contributed by atoms with Crippen LogP contribution in [-0.2, 0) is 13.6 Å². The van der Waals surface area contributed by atoms with E-state index in [-0.39, 0.29) is 0 Å². The number of nitrogens with one attached hydrogen (secondary N) is 1. The third-order valence-electron chi connectivity index (χ3n) is 2.13. The highest BCUT2D eigenvalue weighted by atomic mass is 79.9. The molecule has 0 atom stereocenters. The molecule has 0 saturated carbocycles. The average molecular weight is 267 g/mol. The van der Waals surface area contributed by atoms with Gasteiger partial charge in [-0.1, -0.05) is 21.1 Å². The second-order valence-corrected chi connectivity index (χ2v) is 4.13. The van der Waals surface area contributed by atoms with Crippen LogP contribution in [-0.4, -0.2) is 15.0 Å². The van der Waals surface area contributed by atoms with Crippen molar-refractivity contribution in [3.8, 4) is 0 Å². The highest BCUT2D eigenvalue weighted by Crippen LogP contribution is 2.14. The van der Waals surface area contributed by atoms with Crippen molar-refractivity contribution >= 4 is 21.6 Å². The summed E-state index contributed by atoms with van der Waals surface area (Å²) in [6.45, 7) is 0.727. The lowest BCUT2D eigenvalue weighted by molar-refractivity contribution is 0.683. The van der Waals surface area contributed by atoms with Crippen molar-refractivity contribution in [3.05, 3.63) is 40.6 Å². The van der Waals surface area contributed by atoms with Gasteiger partial charge in [0.15, 0.2) is 0 Å². The molecular weight excluding hydrogens is 256 g/mol. The van der Waals surface area contributed by atoms with Gasteiger partial charge in [-0.25, -0.2) is 0 Å². The summed E-state index contributed by atoms with van der Waals surface area (Å²) in [5, 5.41) is 11.0. The van der Waals surface area contributed by atoms with Crippen LogP contribution in [0.3, 0.4) is 0 Å². The number of aromatic nitrogens is 3. The van der Waals surface area contributed by atoms with Gasteiger partial charge in [-0.3, -0.25) is 4.68 Å². The zero-order valence-corrected chi connectivity index (χ0v) is 9.90. The molecule has 1 heterocycles. The number of rotatable bonds is 3. The Labute approximate surface area is 96.4 Å². The lowest BCUT2D eigenvalue weighted by atomic mass is 10.3. The van der Waals surface area contributed by atoms with Gasteiger partial charge in [-0.05, 0) is 24.3 Å². The second-order valence-electron chi connectivity index (χ2n) is 3.21. The summed E-state index contributed by atoms with van der Waals surface area (Å²) in [5.74, 6) is 0. The molecule has 0 aliphatic carbocycles. The van der Waals surface area contributed by atoms with Crippen molar-refractivity contribution in [2.45, 2.75) is 6.54 Å². The first-order chi connectivity index (χ1) is 7.25. The maximum atomic E-state index is 3.86. The SMILES string of the molecule is Cn1nncc1CNc1ccc(Br)cc1. The van der Waals surface area contributed by atoms with Gasteiger partial charge in [0.05, 0.1) is 18.4 Å². The van der Waals surface area contributed by atoms with E-state index in [2.05, 4.69) is 31.6 Å². The van der Waals surface area contributed by atoms with Crippen molar-refractivity contribution < 1.29 is 0 Å². The Morgan fingerprint density at radius 1 is 1.33 bits per heavy atom. The summed E-state index contributed by atoms with van der Waals surface area (Å²) >= 11 is 3.39. The topological polar surface area (TPSA) is 42.7 Å². The van der Waals surface area contributed by atoms with Crippen molar-refractivity contribution in [1.82, 2.24) is 15.0 Å². The minimum Gasteiger partial charge on any atom is -0.379 e. The zero-order valence-electron chi connectivity index (χ0n) is 8.31. The number of anilines is 1. The summed E-state index contributed by atoms with van der Waals surface area (Å²) in [5.41, 5.74) is 2.14. The highest BCUT2D eigenvalue weighted by molar-refractivity contribution is 9.10. The van der Waals surface area contributed by atoms with E-state index < -0.39 is 0 Å². The zero-order chi connectivity index (χ0) is 10.7. The first-order valence-corrected chi connectivity index (χ1v) is 5.38. The fourth-order valence-electron chi connectivity index (χ4n) is 1.23. The number of hydrogen-bond acceptors (Lipinski definition) is 3. The molecule has 0 amide bonds. The molecule has 0 aliphatic heterocycles. The van der Waals surface area contributed by atoms with Gasteiger partial charge < -0.3 is 5.32 Å². The van der Waals surface area contributed by atoms with E-state index in [1.807, 2.05) is 31.3 Å². The molecular formula is C10H11BrN4. The van der Waals surface area contributed by atoms with E-state index in [0.29, 0.717) is 0 Å². The van der Waals surface area contributed by atoms with Gasteiger partial charge in [0.25, 0.3) is 0 Å². The van der Waals surface area contributed by atoms with E-state index >= 15 is 0 Å². The van der Waals surface area contributed by atoms with Crippen LogP contribution in [0.25, 0.3) is 0 Å². The predicted molar refractivity (Wildman–Crippen MR) is 62.5 cm³/mol. The molecule has 4 nitrogen and oxygen atoms in total. The fourth-order valence-corrected chi connectivity index (χ4v) is 1.50. The standard InChI is InChI=1S/C10H11BrN4/c1-15-10(7-13-14-15)6-12-9-4-2-8(11)3-5-9/h2-5,7,12H,6H2,1H3. The fraction of sp³-hybridized carbons (Fsp3) is 0.200. The number of hydrogen-bond donors (Lipinski definition) is 1. The van der Waals surface area contributed by atoms with Crippen molar-refractivity contribution in [3.63, 3.8) is 0 Å². The van der Waals surface area contributed by atoms with E-state index in [9.17, 15) is 0 Å². The lowest BCUT2D eigenvalue weighted by Crippen LogP contribution is -2.05. The first kappa shape index (κ1) is 10.2. The van der Waals surface area contributed by atoms with Crippen LogP contribution in [0, 0.1) is 0 Å². The van der Waals surface area contributed by atoms with Crippen molar-refractivity contribution in [2.24, 2.45) is 7.05 Å². The number of aryl methyl sites for hydroxylation is 1. The monoisotopic (exact) mass is 266 g/mol. The molecule has 0 fully saturated rings. The van der Waals surface area contributed by atoms with Gasteiger partial charge >= 0.3 is 0 Å². The molecule has 15 heavy (non-hydrogen) atoms. The molecule has 0 unspecified atom stereocenters. The van der Waals surface area contributed by atoms with Crippen LogP contribution in [0.5, 0.6) is 0 Å². The third-order valence-corrected chi connectivity index (χ3v) is 2.65. The molecule has 0 bridgehead atoms. The molecule has 2 rings (SSSR count). The first-order valence-electron chi connectivity index (χ1n) is 4.59. The largest absolute Gasteiger partial charge is 0.379 e. The Bertz CT molecular complexity index is 435. The summed E-state index contributed by atoms with van der Waals surface area (Å²) in [4.78, 5) is 0. The minimum absolute atomic E-state index is 0.727. The summed E-state index contributed by atoms with van der Waals surface area (Å²) in [6.07, 6.45) is 1.76. The Morgan fingerprint density at radius 2 is 2.07 bits per heavy atom. The summed E-state index contributed by atoms with van der Waals surface area (Å²) in [7, 11) is 1.88. The van der Waals surface area contributed by atoms with Crippen LogP contribution in [0.1, 0.15) is 5.69 Å². The number of halogens is 1. The van der Waals surface area contributed by atoms with Crippen molar-refractivity contribution in [1.29, 1.82) is 0 Å². The molecule has 2 aromatic rings. The van der Waals surface area contributed by atoms with Gasteiger partial charge in [-0.2, -0.15) is 0 Å².